The third-order valence-electron chi connectivity index (χ3n) is 3.70. The maximum absolute atomic E-state index is 11.8. The number of hydrogen-bond donors (Lipinski definition) is 1. The first-order chi connectivity index (χ1) is 9.66. The quantitative estimate of drug-likeness (QED) is 0.766. The van der Waals surface area contributed by atoms with Crippen molar-refractivity contribution in [2.24, 2.45) is 0 Å². The second-order valence-electron chi connectivity index (χ2n) is 5.62. The standard InChI is InChI=1S/C16H25N3O/c1-18(2)11-5-10-17-16(20)9-13-19-12-8-14-6-3-4-7-15(14)19/h3-4,6-7H,5,8-13H2,1-2H3,(H,17,20). The lowest BCUT2D eigenvalue weighted by molar-refractivity contribution is -0.120. The van der Waals surface area contributed by atoms with Gasteiger partial charge in [-0.15, -0.1) is 0 Å². The summed E-state index contributed by atoms with van der Waals surface area (Å²) in [6, 6.07) is 8.48. The van der Waals surface area contributed by atoms with Gasteiger partial charge in [-0.2, -0.15) is 0 Å². The van der Waals surface area contributed by atoms with Crippen molar-refractivity contribution < 1.29 is 4.79 Å². The third kappa shape index (κ3) is 4.23. The summed E-state index contributed by atoms with van der Waals surface area (Å²) < 4.78 is 0. The van der Waals surface area contributed by atoms with Crippen LogP contribution in [0.15, 0.2) is 24.3 Å². The van der Waals surface area contributed by atoms with Gasteiger partial charge in [-0.25, -0.2) is 0 Å². The summed E-state index contributed by atoms with van der Waals surface area (Å²) in [7, 11) is 4.10. The molecule has 0 aliphatic carbocycles. The molecule has 0 spiro atoms. The van der Waals surface area contributed by atoms with Gasteiger partial charge < -0.3 is 15.1 Å². The molecule has 4 nitrogen and oxygen atoms in total. The fourth-order valence-electron chi connectivity index (χ4n) is 2.59. The zero-order chi connectivity index (χ0) is 14.4. The molecule has 0 atom stereocenters. The van der Waals surface area contributed by atoms with E-state index in [-0.39, 0.29) is 5.91 Å². The molecule has 0 radical (unpaired) electrons. The SMILES string of the molecule is CN(C)CCCNC(=O)CCN1CCc2ccccc21. The molecule has 1 aromatic carbocycles. The number of fused-ring (bicyclic) bond motifs is 1. The summed E-state index contributed by atoms with van der Waals surface area (Å²) in [6.07, 6.45) is 2.68. The minimum absolute atomic E-state index is 0.160. The van der Waals surface area contributed by atoms with Gasteiger partial charge in [0, 0.05) is 31.7 Å². The lowest BCUT2D eigenvalue weighted by Gasteiger charge is -2.19. The number of hydrogen-bond acceptors (Lipinski definition) is 3. The maximum Gasteiger partial charge on any atom is 0.221 e. The van der Waals surface area contributed by atoms with Crippen molar-refractivity contribution in [3.05, 3.63) is 29.8 Å². The Balaban J connectivity index is 1.67. The number of nitrogens with one attached hydrogen (secondary N) is 1. The number of benzene rings is 1. The van der Waals surface area contributed by atoms with Gasteiger partial charge in [0.05, 0.1) is 0 Å². The van der Waals surface area contributed by atoms with E-state index in [2.05, 4.69) is 39.4 Å². The highest BCUT2D eigenvalue weighted by Crippen LogP contribution is 2.27. The van der Waals surface area contributed by atoms with Gasteiger partial charge in [0.15, 0.2) is 0 Å². The van der Waals surface area contributed by atoms with Crippen LogP contribution in [0.1, 0.15) is 18.4 Å². The molecule has 0 fully saturated rings. The number of nitrogens with zero attached hydrogens (tertiary/aromatic N) is 2. The number of rotatable bonds is 7. The molecular formula is C16H25N3O. The molecule has 2 rings (SSSR count). The van der Waals surface area contributed by atoms with Crippen LogP contribution in [-0.4, -0.2) is 51.1 Å². The fourth-order valence-corrected chi connectivity index (χ4v) is 2.59. The van der Waals surface area contributed by atoms with E-state index in [0.29, 0.717) is 6.42 Å². The van der Waals surface area contributed by atoms with E-state index >= 15 is 0 Å². The summed E-state index contributed by atoms with van der Waals surface area (Å²) in [5.74, 6) is 0.160. The van der Waals surface area contributed by atoms with E-state index in [0.717, 1.165) is 39.0 Å². The van der Waals surface area contributed by atoms with Crippen LogP contribution in [0.5, 0.6) is 0 Å². The first kappa shape index (κ1) is 14.9. The summed E-state index contributed by atoms with van der Waals surface area (Å²) in [4.78, 5) is 16.3. The third-order valence-corrected chi connectivity index (χ3v) is 3.70. The van der Waals surface area contributed by atoms with Crippen LogP contribution in [0.2, 0.25) is 0 Å². The highest BCUT2D eigenvalue weighted by atomic mass is 16.1. The van der Waals surface area contributed by atoms with E-state index < -0.39 is 0 Å². The minimum atomic E-state index is 0.160. The van der Waals surface area contributed by atoms with Crippen LogP contribution in [-0.2, 0) is 11.2 Å². The van der Waals surface area contributed by atoms with Crippen molar-refractivity contribution in [3.63, 3.8) is 0 Å². The van der Waals surface area contributed by atoms with E-state index in [4.69, 9.17) is 0 Å². The first-order valence-electron chi connectivity index (χ1n) is 7.41. The summed E-state index contributed by atoms with van der Waals surface area (Å²) in [5, 5.41) is 2.99. The van der Waals surface area contributed by atoms with Gasteiger partial charge >= 0.3 is 0 Å². The van der Waals surface area contributed by atoms with Crippen molar-refractivity contribution in [2.75, 3.05) is 45.2 Å². The second-order valence-corrected chi connectivity index (χ2v) is 5.62. The summed E-state index contributed by atoms with van der Waals surface area (Å²) >= 11 is 0. The normalized spacial score (nSPS) is 13.7. The molecule has 4 heteroatoms. The number of carbonyl (C=O) groups excluding carboxylic acids is 1. The number of para-hydroxylation sites is 1. The predicted octanol–water partition coefficient (Wildman–Crippen LogP) is 1.51. The molecule has 0 bridgehead atoms. The molecule has 1 aromatic rings. The minimum Gasteiger partial charge on any atom is -0.370 e. The molecular weight excluding hydrogens is 250 g/mol. The van der Waals surface area contributed by atoms with E-state index in [1.54, 1.807) is 0 Å². The molecule has 110 valence electrons. The summed E-state index contributed by atoms with van der Waals surface area (Å²) in [6.45, 7) is 3.64. The molecule has 20 heavy (non-hydrogen) atoms. The fraction of sp³-hybridized carbons (Fsp3) is 0.562. The van der Waals surface area contributed by atoms with Crippen molar-refractivity contribution in [2.45, 2.75) is 19.3 Å². The molecule has 1 heterocycles. The number of carbonyl (C=O) groups is 1. The largest absolute Gasteiger partial charge is 0.370 e. The van der Waals surface area contributed by atoms with Crippen LogP contribution in [0.4, 0.5) is 5.69 Å². The lowest BCUT2D eigenvalue weighted by atomic mass is 10.2. The summed E-state index contributed by atoms with van der Waals surface area (Å²) in [5.41, 5.74) is 2.70. The molecule has 0 saturated carbocycles. The van der Waals surface area contributed by atoms with Gasteiger partial charge in [-0.3, -0.25) is 4.79 Å². The Morgan fingerprint density at radius 2 is 2.15 bits per heavy atom. The topological polar surface area (TPSA) is 35.6 Å². The van der Waals surface area contributed by atoms with Gasteiger partial charge in [0.2, 0.25) is 5.91 Å². The van der Waals surface area contributed by atoms with Gasteiger partial charge in [0.1, 0.15) is 0 Å². The highest BCUT2D eigenvalue weighted by molar-refractivity contribution is 5.76. The Hall–Kier alpha value is -1.55. The Morgan fingerprint density at radius 1 is 1.35 bits per heavy atom. The monoisotopic (exact) mass is 275 g/mol. The van der Waals surface area contributed by atoms with Gasteiger partial charge in [0.25, 0.3) is 0 Å². The van der Waals surface area contributed by atoms with Gasteiger partial charge in [-0.05, 0) is 45.1 Å². The molecule has 1 amide bonds. The average molecular weight is 275 g/mol. The Bertz CT molecular complexity index is 445. The number of anilines is 1. The molecule has 0 aromatic heterocycles. The number of amides is 1. The first-order valence-corrected chi connectivity index (χ1v) is 7.41. The molecule has 0 unspecified atom stereocenters. The Kier molecular flexibility index (Phi) is 5.41. The molecule has 0 saturated heterocycles. The van der Waals surface area contributed by atoms with Crippen LogP contribution in [0, 0.1) is 0 Å². The highest BCUT2D eigenvalue weighted by Gasteiger charge is 2.18. The molecule has 1 aliphatic heterocycles. The molecule has 1 N–H and O–H groups in total. The Morgan fingerprint density at radius 3 is 2.95 bits per heavy atom. The van der Waals surface area contributed by atoms with Crippen LogP contribution >= 0.6 is 0 Å². The van der Waals surface area contributed by atoms with Gasteiger partial charge in [-0.1, -0.05) is 18.2 Å². The zero-order valence-corrected chi connectivity index (χ0v) is 12.6. The van der Waals surface area contributed by atoms with E-state index in [1.165, 1.54) is 11.3 Å². The average Bonchev–Trinajstić information content (AvgIpc) is 2.84. The van der Waals surface area contributed by atoms with E-state index in [9.17, 15) is 4.79 Å². The predicted molar refractivity (Wildman–Crippen MR) is 83.2 cm³/mol. The van der Waals surface area contributed by atoms with E-state index in [1.807, 2.05) is 14.1 Å². The smallest absolute Gasteiger partial charge is 0.221 e. The maximum atomic E-state index is 11.8. The second kappa shape index (κ2) is 7.29. The van der Waals surface area contributed by atoms with Crippen molar-refractivity contribution >= 4 is 11.6 Å². The van der Waals surface area contributed by atoms with Crippen LogP contribution in [0.3, 0.4) is 0 Å². The van der Waals surface area contributed by atoms with Crippen molar-refractivity contribution in [1.82, 2.24) is 10.2 Å². The van der Waals surface area contributed by atoms with Crippen LogP contribution in [0.25, 0.3) is 0 Å². The molecule has 1 aliphatic rings. The van der Waals surface area contributed by atoms with Crippen molar-refractivity contribution in [1.29, 1.82) is 0 Å². The Labute approximate surface area is 121 Å². The zero-order valence-electron chi connectivity index (χ0n) is 12.6. The lowest BCUT2D eigenvalue weighted by Crippen LogP contribution is -2.31. The van der Waals surface area contributed by atoms with Crippen molar-refractivity contribution in [3.8, 4) is 0 Å². The van der Waals surface area contributed by atoms with Crippen LogP contribution < -0.4 is 10.2 Å².